The number of halogens is 4. The molecule has 0 spiro atoms. The summed E-state index contributed by atoms with van der Waals surface area (Å²) in [7, 11) is 0. The van der Waals surface area contributed by atoms with E-state index in [4.69, 9.17) is 0 Å². The minimum absolute atomic E-state index is 0.104. The summed E-state index contributed by atoms with van der Waals surface area (Å²) < 4.78 is 39.4. The summed E-state index contributed by atoms with van der Waals surface area (Å²) in [6.07, 6.45) is 0.488. The van der Waals surface area contributed by atoms with Crippen molar-refractivity contribution in [3.05, 3.63) is 0 Å². The first kappa shape index (κ1) is 16.1. The van der Waals surface area contributed by atoms with Gasteiger partial charge in [-0.15, -0.1) is 0 Å². The van der Waals surface area contributed by atoms with Gasteiger partial charge in [-0.2, -0.15) is 13.2 Å². The number of alkyl halides is 4. The summed E-state index contributed by atoms with van der Waals surface area (Å²) in [5.74, 6) is -2.57. The predicted octanol–water partition coefficient (Wildman–Crippen LogP) is 4.13. The van der Waals surface area contributed by atoms with E-state index in [0.29, 0.717) is 24.7 Å². The summed E-state index contributed by atoms with van der Waals surface area (Å²) in [6, 6.07) is 0.163. The topological polar surface area (TPSA) is 20.3 Å². The zero-order chi connectivity index (χ0) is 14.8. The van der Waals surface area contributed by atoms with Crippen LogP contribution in [0.25, 0.3) is 0 Å². The molecule has 0 radical (unpaired) electrons. The van der Waals surface area contributed by atoms with Gasteiger partial charge in [0.15, 0.2) is 0 Å². The highest BCUT2D eigenvalue weighted by atomic mass is 79.9. The highest BCUT2D eigenvalue weighted by Crippen LogP contribution is 2.43. The number of hydrogen-bond acceptors (Lipinski definition) is 1. The van der Waals surface area contributed by atoms with E-state index in [9.17, 15) is 18.0 Å². The molecule has 2 unspecified atom stereocenters. The lowest BCUT2D eigenvalue weighted by atomic mass is 9.77. The predicted molar refractivity (Wildman–Crippen MR) is 74.6 cm³/mol. The third kappa shape index (κ3) is 3.49. The van der Waals surface area contributed by atoms with Crippen LogP contribution in [0.5, 0.6) is 0 Å². The molecular weight excluding hydrogens is 335 g/mol. The van der Waals surface area contributed by atoms with E-state index in [0.717, 1.165) is 25.7 Å². The highest BCUT2D eigenvalue weighted by Gasteiger charge is 2.49. The number of carbonyl (C=O) groups excluding carboxylic acids is 1. The molecule has 0 aliphatic heterocycles. The van der Waals surface area contributed by atoms with E-state index in [1.54, 1.807) is 4.90 Å². The molecule has 2 aliphatic rings. The molecule has 0 bridgehead atoms. The standard InChI is InChI=1S/C14H21BrF3NO/c15-8-9-19(10-4-3-5-10)13(20)11-6-1-2-7-12(11)14(16,17)18/h10-12H,1-9H2. The van der Waals surface area contributed by atoms with Gasteiger partial charge >= 0.3 is 6.18 Å². The van der Waals surface area contributed by atoms with Gasteiger partial charge in [-0.05, 0) is 32.1 Å². The molecule has 2 saturated carbocycles. The van der Waals surface area contributed by atoms with Crippen molar-refractivity contribution in [2.24, 2.45) is 11.8 Å². The van der Waals surface area contributed by atoms with Crippen LogP contribution in [0.2, 0.25) is 0 Å². The number of amides is 1. The molecule has 2 nitrogen and oxygen atoms in total. The van der Waals surface area contributed by atoms with Crippen LogP contribution >= 0.6 is 15.9 Å². The van der Waals surface area contributed by atoms with Crippen molar-refractivity contribution in [3.63, 3.8) is 0 Å². The van der Waals surface area contributed by atoms with Gasteiger partial charge in [-0.1, -0.05) is 28.8 Å². The first-order valence-corrected chi connectivity index (χ1v) is 8.50. The second kappa shape index (κ2) is 6.67. The molecule has 0 aromatic rings. The van der Waals surface area contributed by atoms with Crippen LogP contribution in [0.15, 0.2) is 0 Å². The van der Waals surface area contributed by atoms with E-state index >= 15 is 0 Å². The second-order valence-corrected chi connectivity index (χ2v) is 6.64. The Kier molecular flexibility index (Phi) is 5.37. The van der Waals surface area contributed by atoms with Gasteiger partial charge in [-0.25, -0.2) is 0 Å². The van der Waals surface area contributed by atoms with Crippen LogP contribution in [-0.2, 0) is 4.79 Å². The first-order chi connectivity index (χ1) is 9.45. The molecule has 2 fully saturated rings. The zero-order valence-electron chi connectivity index (χ0n) is 11.5. The van der Waals surface area contributed by atoms with Crippen LogP contribution in [-0.4, -0.2) is 34.9 Å². The van der Waals surface area contributed by atoms with Crippen LogP contribution in [0.1, 0.15) is 44.9 Å². The average Bonchev–Trinajstić information content (AvgIpc) is 2.34. The number of nitrogens with zero attached hydrogens (tertiary/aromatic N) is 1. The van der Waals surface area contributed by atoms with Crippen molar-refractivity contribution in [2.75, 3.05) is 11.9 Å². The monoisotopic (exact) mass is 355 g/mol. The van der Waals surface area contributed by atoms with Crippen molar-refractivity contribution < 1.29 is 18.0 Å². The van der Waals surface area contributed by atoms with Gasteiger partial charge in [0, 0.05) is 23.8 Å². The molecule has 0 saturated heterocycles. The minimum Gasteiger partial charge on any atom is -0.339 e. The minimum atomic E-state index is -4.25. The maximum atomic E-state index is 13.1. The van der Waals surface area contributed by atoms with Crippen molar-refractivity contribution in [2.45, 2.75) is 57.2 Å². The van der Waals surface area contributed by atoms with Gasteiger partial charge in [-0.3, -0.25) is 4.79 Å². The smallest absolute Gasteiger partial charge is 0.339 e. The van der Waals surface area contributed by atoms with Crippen LogP contribution in [0.3, 0.4) is 0 Å². The van der Waals surface area contributed by atoms with E-state index in [-0.39, 0.29) is 18.4 Å². The van der Waals surface area contributed by atoms with Gasteiger partial charge in [0.05, 0.1) is 5.92 Å². The Morgan fingerprint density at radius 2 is 1.75 bits per heavy atom. The Bertz CT molecular complexity index is 344. The third-order valence-electron chi connectivity index (χ3n) is 4.63. The Morgan fingerprint density at radius 3 is 2.25 bits per heavy atom. The Hall–Kier alpha value is -0.260. The molecule has 0 N–H and O–H groups in total. The fourth-order valence-corrected chi connectivity index (χ4v) is 3.68. The van der Waals surface area contributed by atoms with E-state index in [2.05, 4.69) is 15.9 Å². The molecule has 116 valence electrons. The molecule has 6 heteroatoms. The lowest BCUT2D eigenvalue weighted by Gasteiger charge is -2.42. The first-order valence-electron chi connectivity index (χ1n) is 7.38. The van der Waals surface area contributed by atoms with Crippen LogP contribution in [0, 0.1) is 11.8 Å². The molecular formula is C14H21BrF3NO. The van der Waals surface area contributed by atoms with Crippen molar-refractivity contribution >= 4 is 21.8 Å². The lowest BCUT2D eigenvalue weighted by Crippen LogP contribution is -2.51. The van der Waals surface area contributed by atoms with E-state index in [1.165, 1.54) is 0 Å². The quantitative estimate of drug-likeness (QED) is 0.694. The van der Waals surface area contributed by atoms with Crippen molar-refractivity contribution in [1.29, 1.82) is 0 Å². The lowest BCUT2D eigenvalue weighted by molar-refractivity contribution is -0.201. The summed E-state index contributed by atoms with van der Waals surface area (Å²) in [5, 5.41) is 0.624. The zero-order valence-corrected chi connectivity index (χ0v) is 13.0. The molecule has 2 rings (SSSR count). The number of hydrogen-bond donors (Lipinski definition) is 0. The highest BCUT2D eigenvalue weighted by molar-refractivity contribution is 9.09. The molecule has 0 heterocycles. The summed E-state index contributed by atoms with van der Waals surface area (Å²) in [5.41, 5.74) is 0. The summed E-state index contributed by atoms with van der Waals surface area (Å²) in [4.78, 5) is 14.3. The normalized spacial score (nSPS) is 28.0. The Balaban J connectivity index is 2.10. The van der Waals surface area contributed by atoms with Gasteiger partial charge in [0.2, 0.25) is 5.91 Å². The van der Waals surface area contributed by atoms with Gasteiger partial charge in [0.1, 0.15) is 0 Å². The molecule has 0 aromatic heterocycles. The van der Waals surface area contributed by atoms with Gasteiger partial charge < -0.3 is 4.90 Å². The maximum absolute atomic E-state index is 13.1. The molecule has 0 aromatic carbocycles. The third-order valence-corrected chi connectivity index (χ3v) is 4.98. The molecule has 2 aliphatic carbocycles. The second-order valence-electron chi connectivity index (χ2n) is 5.84. The number of carbonyl (C=O) groups is 1. The molecule has 2 atom stereocenters. The van der Waals surface area contributed by atoms with E-state index < -0.39 is 18.0 Å². The average molecular weight is 356 g/mol. The maximum Gasteiger partial charge on any atom is 0.392 e. The van der Waals surface area contributed by atoms with Gasteiger partial charge in [0.25, 0.3) is 0 Å². The molecule has 20 heavy (non-hydrogen) atoms. The fourth-order valence-electron chi connectivity index (χ4n) is 3.29. The fraction of sp³-hybridized carbons (Fsp3) is 0.929. The van der Waals surface area contributed by atoms with Crippen molar-refractivity contribution in [1.82, 2.24) is 4.90 Å². The van der Waals surface area contributed by atoms with Crippen molar-refractivity contribution in [3.8, 4) is 0 Å². The molecule has 1 amide bonds. The summed E-state index contributed by atoms with van der Waals surface area (Å²) in [6.45, 7) is 0.518. The van der Waals surface area contributed by atoms with Crippen LogP contribution in [0.4, 0.5) is 13.2 Å². The van der Waals surface area contributed by atoms with E-state index in [1.807, 2.05) is 0 Å². The van der Waals surface area contributed by atoms with Crippen LogP contribution < -0.4 is 0 Å². The summed E-state index contributed by atoms with van der Waals surface area (Å²) >= 11 is 3.30. The Labute approximate surface area is 126 Å². The SMILES string of the molecule is O=C(C1CCCCC1C(F)(F)F)N(CCBr)C1CCC1. The number of rotatable bonds is 4. The Morgan fingerprint density at radius 1 is 1.10 bits per heavy atom. The largest absolute Gasteiger partial charge is 0.392 e.